The number of rotatable bonds is 8. The van der Waals surface area contributed by atoms with Crippen molar-refractivity contribution in [2.75, 3.05) is 24.6 Å². The fraction of sp³-hybridized carbons (Fsp3) is 0.172. The Bertz CT molecular complexity index is 1460. The van der Waals surface area contributed by atoms with Crippen LogP contribution in [0.3, 0.4) is 0 Å². The Morgan fingerprint density at radius 3 is 2.20 bits per heavy atom. The van der Waals surface area contributed by atoms with Crippen molar-refractivity contribution in [3.05, 3.63) is 97.1 Å². The van der Waals surface area contributed by atoms with Crippen LogP contribution in [0.25, 0.3) is 27.8 Å². The van der Waals surface area contributed by atoms with Gasteiger partial charge in [0.25, 0.3) is 0 Å². The maximum absolute atomic E-state index is 9.33. The second kappa shape index (κ2) is 10.4. The minimum atomic E-state index is 0.135. The fourth-order valence-electron chi connectivity index (χ4n) is 4.32. The van der Waals surface area contributed by atoms with E-state index in [0.717, 1.165) is 57.8 Å². The van der Waals surface area contributed by atoms with Gasteiger partial charge in [-0.25, -0.2) is 4.98 Å². The molecule has 0 radical (unpaired) electrons. The maximum atomic E-state index is 9.33. The number of azo groups is 1. The summed E-state index contributed by atoms with van der Waals surface area (Å²) in [6.07, 6.45) is 1.02. The lowest BCUT2D eigenvalue weighted by molar-refractivity contribution is -0.538. The van der Waals surface area contributed by atoms with E-state index in [0.29, 0.717) is 6.54 Å². The molecular formula is C29H28N5O+. The Hall–Kier alpha value is -4.16. The van der Waals surface area contributed by atoms with Crippen molar-refractivity contribution in [1.29, 1.82) is 0 Å². The van der Waals surface area contributed by atoms with Gasteiger partial charge >= 0.3 is 0 Å². The zero-order valence-corrected chi connectivity index (χ0v) is 19.7. The Kier molecular flexibility index (Phi) is 6.73. The highest BCUT2D eigenvalue weighted by Crippen LogP contribution is 2.25. The molecule has 35 heavy (non-hydrogen) atoms. The van der Waals surface area contributed by atoms with Gasteiger partial charge in [-0.05, 0) is 48.9 Å². The lowest BCUT2D eigenvalue weighted by Gasteiger charge is -2.23. The van der Waals surface area contributed by atoms with Crippen molar-refractivity contribution in [3.63, 3.8) is 0 Å². The summed E-state index contributed by atoms with van der Waals surface area (Å²) in [5.74, 6) is 0. The molecule has 5 rings (SSSR count). The molecule has 6 nitrogen and oxygen atoms in total. The van der Waals surface area contributed by atoms with Crippen molar-refractivity contribution in [2.45, 2.75) is 13.3 Å². The van der Waals surface area contributed by atoms with Crippen molar-refractivity contribution >= 4 is 39.1 Å². The summed E-state index contributed by atoms with van der Waals surface area (Å²) in [7, 11) is 0. The summed E-state index contributed by atoms with van der Waals surface area (Å²) >= 11 is 0. The number of nitrogens with zero attached hydrogens (tertiary/aromatic N) is 5. The summed E-state index contributed by atoms with van der Waals surface area (Å²) in [6, 6.07) is 32.4. The Morgan fingerprint density at radius 2 is 1.43 bits per heavy atom. The van der Waals surface area contributed by atoms with E-state index in [4.69, 9.17) is 4.98 Å². The normalized spacial score (nSPS) is 11.5. The average Bonchev–Trinajstić information content (AvgIpc) is 2.91. The summed E-state index contributed by atoms with van der Waals surface area (Å²) < 4.78 is 2.22. The van der Waals surface area contributed by atoms with Crippen LogP contribution in [0.4, 0.5) is 17.1 Å². The number of hydrogen-bond acceptors (Lipinski definition) is 5. The number of benzene rings is 4. The monoisotopic (exact) mass is 462 g/mol. The fourth-order valence-corrected chi connectivity index (χ4v) is 4.32. The second-order valence-electron chi connectivity index (χ2n) is 8.37. The molecule has 0 spiro atoms. The number of aromatic nitrogens is 2. The number of hydrogen-bond donors (Lipinski definition) is 1. The van der Waals surface area contributed by atoms with E-state index in [9.17, 15) is 5.11 Å². The predicted octanol–water partition coefficient (Wildman–Crippen LogP) is 6.29. The van der Waals surface area contributed by atoms with E-state index in [2.05, 4.69) is 44.8 Å². The first kappa shape index (κ1) is 22.6. The number of aliphatic hydroxyl groups excluding tert-OH is 1. The van der Waals surface area contributed by atoms with Gasteiger partial charge in [-0.2, -0.15) is 10.2 Å². The summed E-state index contributed by atoms with van der Waals surface area (Å²) in [6.45, 7) is 3.80. The van der Waals surface area contributed by atoms with Gasteiger partial charge in [-0.3, -0.25) is 0 Å². The second-order valence-corrected chi connectivity index (χ2v) is 8.37. The average molecular weight is 463 g/mol. The van der Waals surface area contributed by atoms with Gasteiger partial charge in [-0.1, -0.05) is 37.3 Å². The number of para-hydroxylation sites is 3. The van der Waals surface area contributed by atoms with Gasteiger partial charge in [0.2, 0.25) is 16.7 Å². The Labute approximate surface area is 204 Å². The van der Waals surface area contributed by atoms with Gasteiger partial charge in [0, 0.05) is 43.0 Å². The van der Waals surface area contributed by atoms with Crippen molar-refractivity contribution in [1.82, 2.24) is 4.98 Å². The van der Waals surface area contributed by atoms with Crippen LogP contribution in [-0.4, -0.2) is 29.8 Å². The van der Waals surface area contributed by atoms with Gasteiger partial charge in [0.1, 0.15) is 11.0 Å². The molecule has 0 atom stereocenters. The van der Waals surface area contributed by atoms with Crippen molar-refractivity contribution in [2.24, 2.45) is 10.2 Å². The molecule has 1 N–H and O–H groups in total. The zero-order chi connectivity index (χ0) is 24.0. The van der Waals surface area contributed by atoms with E-state index >= 15 is 0 Å². The lowest BCUT2D eigenvalue weighted by atomic mass is 10.2. The highest BCUT2D eigenvalue weighted by atomic mass is 16.3. The van der Waals surface area contributed by atoms with E-state index in [-0.39, 0.29) is 6.61 Å². The summed E-state index contributed by atoms with van der Waals surface area (Å²) in [5, 5.41) is 18.3. The minimum Gasteiger partial charge on any atom is -0.395 e. The van der Waals surface area contributed by atoms with Crippen LogP contribution in [0.5, 0.6) is 0 Å². The molecule has 0 aliphatic carbocycles. The summed E-state index contributed by atoms with van der Waals surface area (Å²) in [4.78, 5) is 7.03. The topological polar surface area (TPSA) is 65.0 Å². The molecule has 4 aromatic carbocycles. The van der Waals surface area contributed by atoms with Gasteiger partial charge in [0.15, 0.2) is 0 Å². The highest BCUT2D eigenvalue weighted by molar-refractivity contribution is 5.83. The van der Waals surface area contributed by atoms with E-state index in [1.165, 1.54) is 0 Å². The van der Waals surface area contributed by atoms with Gasteiger partial charge in [0.05, 0.1) is 18.0 Å². The smallest absolute Gasteiger partial charge is 0.239 e. The molecule has 1 heterocycles. The number of aliphatic hydroxyl groups is 1. The van der Waals surface area contributed by atoms with Crippen LogP contribution in [-0.2, 0) is 0 Å². The van der Waals surface area contributed by atoms with E-state index in [1.807, 2.05) is 78.9 Å². The van der Waals surface area contributed by atoms with Crippen LogP contribution in [0.15, 0.2) is 107 Å². The van der Waals surface area contributed by atoms with Crippen LogP contribution in [0.2, 0.25) is 0 Å². The van der Waals surface area contributed by atoms with Gasteiger partial charge in [-0.15, -0.1) is 4.57 Å². The van der Waals surface area contributed by atoms with Crippen molar-refractivity contribution in [3.8, 4) is 5.69 Å². The first-order valence-corrected chi connectivity index (χ1v) is 11.9. The van der Waals surface area contributed by atoms with Crippen LogP contribution in [0, 0.1) is 0 Å². The van der Waals surface area contributed by atoms with Crippen LogP contribution < -0.4 is 9.47 Å². The van der Waals surface area contributed by atoms with Crippen molar-refractivity contribution < 1.29 is 9.67 Å². The standard InChI is InChI=1S/C29H28N5O/c1-2-18-33(19-20-35)24-15-12-22(13-16-24)31-32-23-14-17-27-29(21-23)34(25-8-4-3-5-9-25)28-11-7-6-10-26(28)30-27/h3-17,21,35H,2,18-20H2,1H3/q+1. The highest BCUT2D eigenvalue weighted by Gasteiger charge is 2.19. The largest absolute Gasteiger partial charge is 0.395 e. The SMILES string of the molecule is CCCN(CCO)c1ccc(/N=N/c2ccc3nc4ccccc4[n+](-c4ccccc4)c3c2)cc1. The molecule has 0 saturated heterocycles. The molecular weight excluding hydrogens is 434 g/mol. The third-order valence-electron chi connectivity index (χ3n) is 5.94. The molecule has 6 heteroatoms. The third kappa shape index (κ3) is 4.88. The molecule has 5 aromatic rings. The molecule has 0 saturated carbocycles. The molecule has 0 aliphatic rings. The first-order valence-electron chi connectivity index (χ1n) is 11.9. The summed E-state index contributed by atoms with van der Waals surface area (Å²) in [5.41, 5.74) is 7.54. The maximum Gasteiger partial charge on any atom is 0.239 e. The molecule has 174 valence electrons. The number of anilines is 1. The minimum absolute atomic E-state index is 0.135. The molecule has 0 fully saturated rings. The van der Waals surface area contributed by atoms with E-state index < -0.39 is 0 Å². The lowest BCUT2D eigenvalue weighted by Crippen LogP contribution is -2.33. The molecule has 0 amide bonds. The Morgan fingerprint density at radius 1 is 0.743 bits per heavy atom. The molecule has 0 unspecified atom stereocenters. The Balaban J connectivity index is 1.51. The van der Waals surface area contributed by atoms with Crippen LogP contribution in [0.1, 0.15) is 13.3 Å². The van der Waals surface area contributed by atoms with Gasteiger partial charge < -0.3 is 10.0 Å². The third-order valence-corrected chi connectivity index (χ3v) is 5.94. The first-order chi connectivity index (χ1) is 17.3. The number of fused-ring (bicyclic) bond motifs is 2. The zero-order valence-electron chi connectivity index (χ0n) is 19.7. The molecule has 1 aromatic heterocycles. The predicted molar refractivity (Wildman–Crippen MR) is 141 cm³/mol. The van der Waals surface area contributed by atoms with Crippen LogP contribution >= 0.6 is 0 Å². The van der Waals surface area contributed by atoms with E-state index in [1.54, 1.807) is 0 Å². The molecule has 0 aliphatic heterocycles. The molecule has 0 bridgehead atoms. The quantitative estimate of drug-likeness (QED) is 0.167.